The number of fused-ring (bicyclic) bond motifs is 1. The van der Waals surface area contributed by atoms with E-state index in [1.165, 1.54) is 17.5 Å². The predicted molar refractivity (Wildman–Crippen MR) is 81.3 cm³/mol. The summed E-state index contributed by atoms with van der Waals surface area (Å²) in [6.45, 7) is 8.48. The van der Waals surface area contributed by atoms with Crippen molar-refractivity contribution in [3.8, 4) is 5.75 Å². The van der Waals surface area contributed by atoms with Crippen LogP contribution >= 0.6 is 11.6 Å². The van der Waals surface area contributed by atoms with Crippen molar-refractivity contribution in [1.82, 2.24) is 5.32 Å². The molecule has 0 aliphatic carbocycles. The Kier molecular flexibility index (Phi) is 5.12. The van der Waals surface area contributed by atoms with E-state index in [1.807, 2.05) is 6.07 Å². The van der Waals surface area contributed by atoms with Gasteiger partial charge in [0.05, 0.1) is 6.61 Å². The van der Waals surface area contributed by atoms with E-state index in [0.29, 0.717) is 12.0 Å². The quantitative estimate of drug-likeness (QED) is 0.855. The first-order valence-corrected chi connectivity index (χ1v) is 7.65. The normalized spacial score (nSPS) is 15.4. The largest absolute Gasteiger partial charge is 0.493 e. The van der Waals surface area contributed by atoms with Gasteiger partial charge in [0.25, 0.3) is 0 Å². The molecule has 1 atom stereocenters. The second-order valence-electron chi connectivity index (χ2n) is 5.74. The van der Waals surface area contributed by atoms with E-state index in [-0.39, 0.29) is 0 Å². The molecular weight excluding hydrogens is 258 g/mol. The van der Waals surface area contributed by atoms with Gasteiger partial charge in [-0.3, -0.25) is 0 Å². The molecule has 2 nitrogen and oxygen atoms in total. The average Bonchev–Trinajstić information content (AvgIpc) is 2.76. The topological polar surface area (TPSA) is 21.3 Å². The van der Waals surface area contributed by atoms with Gasteiger partial charge >= 0.3 is 0 Å². The molecule has 3 heteroatoms. The summed E-state index contributed by atoms with van der Waals surface area (Å²) in [5.74, 6) is 1.77. The second kappa shape index (κ2) is 6.62. The number of likely N-dealkylation sites (N-methyl/N-ethyl adjacent to an activating group) is 1. The fourth-order valence-electron chi connectivity index (χ4n) is 2.86. The minimum Gasteiger partial charge on any atom is -0.493 e. The van der Waals surface area contributed by atoms with Crippen LogP contribution in [0.1, 0.15) is 38.3 Å². The van der Waals surface area contributed by atoms with Gasteiger partial charge in [-0.1, -0.05) is 32.4 Å². The van der Waals surface area contributed by atoms with Crippen molar-refractivity contribution >= 4 is 11.6 Å². The Morgan fingerprint density at radius 3 is 2.84 bits per heavy atom. The van der Waals surface area contributed by atoms with E-state index >= 15 is 0 Å². The van der Waals surface area contributed by atoms with Gasteiger partial charge in [0.15, 0.2) is 0 Å². The first-order chi connectivity index (χ1) is 9.10. The first kappa shape index (κ1) is 14.7. The minimum absolute atomic E-state index is 0.497. The van der Waals surface area contributed by atoms with Crippen LogP contribution in [0.25, 0.3) is 0 Å². The van der Waals surface area contributed by atoms with Crippen LogP contribution in [0, 0.1) is 5.92 Å². The van der Waals surface area contributed by atoms with Gasteiger partial charge in [-0.2, -0.15) is 0 Å². The van der Waals surface area contributed by atoms with E-state index in [2.05, 4.69) is 32.2 Å². The van der Waals surface area contributed by atoms with Gasteiger partial charge in [0.2, 0.25) is 0 Å². The smallest absolute Gasteiger partial charge is 0.125 e. The zero-order chi connectivity index (χ0) is 13.8. The van der Waals surface area contributed by atoms with Crippen LogP contribution in [0.2, 0.25) is 5.02 Å². The Hall–Kier alpha value is -0.730. The molecule has 1 aliphatic rings. The van der Waals surface area contributed by atoms with E-state index in [4.69, 9.17) is 16.3 Å². The fraction of sp³-hybridized carbons (Fsp3) is 0.625. The SMILES string of the molecule is CCNC(Cc1cc(Cl)cc2c1OCC2)CC(C)C. The third-order valence-electron chi connectivity index (χ3n) is 3.54. The van der Waals surface area contributed by atoms with Crippen molar-refractivity contribution in [3.63, 3.8) is 0 Å². The zero-order valence-electron chi connectivity index (χ0n) is 12.1. The van der Waals surface area contributed by atoms with Gasteiger partial charge < -0.3 is 10.1 Å². The molecule has 0 amide bonds. The molecule has 2 rings (SSSR count). The number of halogens is 1. The number of ether oxygens (including phenoxy) is 1. The molecule has 1 aromatic carbocycles. The Labute approximate surface area is 121 Å². The lowest BCUT2D eigenvalue weighted by Gasteiger charge is -2.21. The number of benzene rings is 1. The first-order valence-electron chi connectivity index (χ1n) is 7.27. The van der Waals surface area contributed by atoms with Crippen LogP contribution in [-0.2, 0) is 12.8 Å². The van der Waals surface area contributed by atoms with Crippen LogP contribution in [0.15, 0.2) is 12.1 Å². The second-order valence-corrected chi connectivity index (χ2v) is 6.18. The molecule has 1 unspecified atom stereocenters. The van der Waals surface area contributed by atoms with Crippen molar-refractivity contribution in [3.05, 3.63) is 28.3 Å². The molecule has 0 spiro atoms. The minimum atomic E-state index is 0.497. The summed E-state index contributed by atoms with van der Waals surface area (Å²) in [6.07, 6.45) is 3.16. The van der Waals surface area contributed by atoms with Crippen LogP contribution in [0.3, 0.4) is 0 Å². The van der Waals surface area contributed by atoms with E-state index in [0.717, 1.165) is 36.8 Å². The summed E-state index contributed by atoms with van der Waals surface area (Å²) in [5.41, 5.74) is 2.52. The van der Waals surface area contributed by atoms with E-state index in [9.17, 15) is 0 Å². The lowest BCUT2D eigenvalue weighted by molar-refractivity contribution is 0.349. The summed E-state index contributed by atoms with van der Waals surface area (Å²) in [4.78, 5) is 0. The van der Waals surface area contributed by atoms with Crippen LogP contribution < -0.4 is 10.1 Å². The molecule has 106 valence electrons. The number of hydrogen-bond acceptors (Lipinski definition) is 2. The predicted octanol–water partition coefficient (Wildman–Crippen LogP) is 3.84. The molecule has 0 bridgehead atoms. The fourth-order valence-corrected chi connectivity index (χ4v) is 3.12. The van der Waals surface area contributed by atoms with Crippen molar-refractivity contribution in [2.75, 3.05) is 13.2 Å². The van der Waals surface area contributed by atoms with Gasteiger partial charge in [-0.05, 0) is 48.6 Å². The monoisotopic (exact) mass is 281 g/mol. The summed E-state index contributed by atoms with van der Waals surface area (Å²) in [7, 11) is 0. The molecular formula is C16H24ClNO. The van der Waals surface area contributed by atoms with Crippen molar-refractivity contribution in [1.29, 1.82) is 0 Å². The van der Waals surface area contributed by atoms with Gasteiger partial charge in [-0.15, -0.1) is 0 Å². The number of nitrogens with one attached hydrogen (secondary N) is 1. The van der Waals surface area contributed by atoms with Gasteiger partial charge in [0.1, 0.15) is 5.75 Å². The molecule has 19 heavy (non-hydrogen) atoms. The van der Waals surface area contributed by atoms with Crippen molar-refractivity contribution < 1.29 is 4.74 Å². The molecule has 0 radical (unpaired) electrons. The molecule has 1 N–H and O–H groups in total. The molecule has 0 saturated carbocycles. The molecule has 1 aromatic rings. The summed E-state index contributed by atoms with van der Waals surface area (Å²) < 4.78 is 5.78. The number of rotatable bonds is 6. The van der Waals surface area contributed by atoms with E-state index < -0.39 is 0 Å². The Morgan fingerprint density at radius 1 is 1.37 bits per heavy atom. The molecule has 1 aliphatic heterocycles. The maximum Gasteiger partial charge on any atom is 0.125 e. The summed E-state index contributed by atoms with van der Waals surface area (Å²) >= 11 is 6.22. The van der Waals surface area contributed by atoms with Crippen LogP contribution in [-0.4, -0.2) is 19.2 Å². The molecule has 0 saturated heterocycles. The highest BCUT2D eigenvalue weighted by atomic mass is 35.5. The van der Waals surface area contributed by atoms with Crippen LogP contribution in [0.5, 0.6) is 5.75 Å². The highest BCUT2D eigenvalue weighted by Gasteiger charge is 2.20. The third kappa shape index (κ3) is 3.87. The lowest BCUT2D eigenvalue weighted by atomic mass is 9.95. The standard InChI is InChI=1S/C16H24ClNO/c1-4-18-15(7-11(2)3)10-13-9-14(17)8-12-5-6-19-16(12)13/h8-9,11,15,18H,4-7,10H2,1-3H3. The lowest BCUT2D eigenvalue weighted by Crippen LogP contribution is -2.32. The summed E-state index contributed by atoms with van der Waals surface area (Å²) in [6, 6.07) is 4.60. The highest BCUT2D eigenvalue weighted by molar-refractivity contribution is 6.30. The number of hydrogen-bond donors (Lipinski definition) is 1. The zero-order valence-corrected chi connectivity index (χ0v) is 12.9. The van der Waals surface area contributed by atoms with Gasteiger partial charge in [0, 0.05) is 17.5 Å². The van der Waals surface area contributed by atoms with Crippen LogP contribution in [0.4, 0.5) is 0 Å². The van der Waals surface area contributed by atoms with Gasteiger partial charge in [-0.25, -0.2) is 0 Å². The maximum absolute atomic E-state index is 6.22. The van der Waals surface area contributed by atoms with Crippen molar-refractivity contribution in [2.45, 2.75) is 46.1 Å². The van der Waals surface area contributed by atoms with E-state index in [1.54, 1.807) is 0 Å². The Morgan fingerprint density at radius 2 is 2.16 bits per heavy atom. The summed E-state index contributed by atoms with van der Waals surface area (Å²) in [5, 5.41) is 4.41. The Balaban J connectivity index is 2.16. The third-order valence-corrected chi connectivity index (χ3v) is 3.76. The molecule has 0 fully saturated rings. The van der Waals surface area contributed by atoms with Crippen molar-refractivity contribution in [2.24, 2.45) is 5.92 Å². The maximum atomic E-state index is 6.22. The average molecular weight is 282 g/mol. The molecule has 0 aromatic heterocycles. The Bertz CT molecular complexity index is 431. The highest BCUT2D eigenvalue weighted by Crippen LogP contribution is 2.34. The molecule has 1 heterocycles.